The van der Waals surface area contributed by atoms with Gasteiger partial charge in [0, 0.05) is 39.3 Å². The van der Waals surface area contributed by atoms with Gasteiger partial charge in [-0.05, 0) is 49.8 Å². The minimum atomic E-state index is -3.57. The van der Waals surface area contributed by atoms with E-state index in [4.69, 9.17) is 5.73 Å². The Morgan fingerprint density at radius 1 is 1.29 bits per heavy atom. The summed E-state index contributed by atoms with van der Waals surface area (Å²) in [5.74, 6) is 0.218. The Balaban J connectivity index is 1.25. The number of nitriles is 1. The molecule has 4 aliphatic rings. The second-order valence-corrected chi connectivity index (χ2v) is 12.6. The molecule has 0 radical (unpaired) electrons. The summed E-state index contributed by atoms with van der Waals surface area (Å²) in [6.07, 6.45) is 2.35. The lowest BCUT2D eigenvalue weighted by atomic mass is 10.1. The third kappa shape index (κ3) is 3.93. The topological polar surface area (TPSA) is 131 Å². The highest BCUT2D eigenvalue weighted by Gasteiger charge is 2.56. The molecule has 1 aliphatic carbocycles. The van der Waals surface area contributed by atoms with Crippen LogP contribution in [0.5, 0.6) is 0 Å². The molecule has 10 nitrogen and oxygen atoms in total. The number of hydrogen-bond donors (Lipinski definition) is 1. The lowest BCUT2D eigenvalue weighted by Crippen LogP contribution is -2.57. The predicted octanol–water partition coefficient (Wildman–Crippen LogP) is 0.123. The van der Waals surface area contributed by atoms with Gasteiger partial charge in [-0.15, -0.1) is 0 Å². The molecule has 188 valence electrons. The van der Waals surface area contributed by atoms with Gasteiger partial charge in [-0.1, -0.05) is 12.1 Å². The van der Waals surface area contributed by atoms with Crippen molar-refractivity contribution >= 4 is 21.8 Å². The van der Waals surface area contributed by atoms with Crippen LogP contribution in [0.1, 0.15) is 37.8 Å². The van der Waals surface area contributed by atoms with E-state index in [-0.39, 0.29) is 47.4 Å². The minimum absolute atomic E-state index is 0.0207. The van der Waals surface area contributed by atoms with E-state index in [0.717, 1.165) is 18.4 Å². The summed E-state index contributed by atoms with van der Waals surface area (Å²) in [4.78, 5) is 32.1. The van der Waals surface area contributed by atoms with E-state index in [1.807, 2.05) is 22.8 Å². The van der Waals surface area contributed by atoms with E-state index in [9.17, 15) is 23.3 Å². The van der Waals surface area contributed by atoms with Gasteiger partial charge in [0.25, 0.3) is 0 Å². The maximum atomic E-state index is 13.3. The number of nitrogens with zero attached hydrogens (tertiary/aromatic N) is 5. The average molecular weight is 501 g/mol. The molecule has 1 unspecified atom stereocenters. The van der Waals surface area contributed by atoms with Crippen molar-refractivity contribution in [2.45, 2.75) is 67.3 Å². The molecule has 2 amide bonds. The Morgan fingerprint density at radius 3 is 2.69 bits per heavy atom. The number of carbonyl (C=O) groups is 2. The van der Waals surface area contributed by atoms with Crippen LogP contribution >= 0.6 is 0 Å². The summed E-state index contributed by atoms with van der Waals surface area (Å²) in [6, 6.07) is 7.33. The molecular formula is C24H32N6O4S. The summed E-state index contributed by atoms with van der Waals surface area (Å²) in [7, 11) is -0.590. The quantitative estimate of drug-likeness (QED) is 0.563. The van der Waals surface area contributed by atoms with E-state index >= 15 is 0 Å². The van der Waals surface area contributed by atoms with Gasteiger partial charge in [0.05, 0.1) is 29.1 Å². The molecule has 1 saturated carbocycles. The summed E-state index contributed by atoms with van der Waals surface area (Å²) >= 11 is 0. The molecule has 11 heteroatoms. The van der Waals surface area contributed by atoms with Crippen molar-refractivity contribution < 1.29 is 18.0 Å². The van der Waals surface area contributed by atoms with E-state index in [1.165, 1.54) is 18.4 Å². The predicted molar refractivity (Wildman–Crippen MR) is 127 cm³/mol. The van der Waals surface area contributed by atoms with Crippen LogP contribution in [-0.2, 0) is 19.6 Å². The van der Waals surface area contributed by atoms with Crippen molar-refractivity contribution in [3.05, 3.63) is 29.8 Å². The second kappa shape index (κ2) is 8.55. The summed E-state index contributed by atoms with van der Waals surface area (Å²) < 4.78 is 26.3. The second-order valence-electron chi connectivity index (χ2n) is 10.4. The van der Waals surface area contributed by atoms with Crippen molar-refractivity contribution in [2.75, 3.05) is 27.2 Å². The number of benzene rings is 1. The number of nitrogens with two attached hydrogens (primary N) is 1. The van der Waals surface area contributed by atoms with E-state index in [2.05, 4.69) is 6.07 Å². The zero-order chi connectivity index (χ0) is 25.2. The number of piperazine rings is 1. The van der Waals surface area contributed by atoms with Gasteiger partial charge in [0.15, 0.2) is 0 Å². The van der Waals surface area contributed by atoms with Crippen LogP contribution in [0.3, 0.4) is 0 Å². The summed E-state index contributed by atoms with van der Waals surface area (Å²) in [5, 5.41) is 9.39. The first-order valence-electron chi connectivity index (χ1n) is 12.1. The lowest BCUT2D eigenvalue weighted by molar-refractivity contribution is -0.141. The van der Waals surface area contributed by atoms with E-state index in [0.29, 0.717) is 18.9 Å². The molecule has 4 fully saturated rings. The first-order valence-corrected chi connectivity index (χ1v) is 13.5. The van der Waals surface area contributed by atoms with Crippen LogP contribution in [0.25, 0.3) is 0 Å². The standard InChI is InChI=1S/C24H32N6O4S/c1-14(15-5-4-6-19(8-15)35(33,34)27(2)3)29-18-10-22(24(29)32)28(12-18)13-20(26)23(31)30-17(11-25)7-16-9-21(16)30/h4-6,8,14,16-18,20-22H,7,9-10,12-13,26H2,1-3H3/t14-,16?,17+,18-,20+,21+,22-/m1/s1. The molecule has 7 atom stereocenters. The van der Waals surface area contributed by atoms with Crippen LogP contribution in [0.4, 0.5) is 0 Å². The largest absolute Gasteiger partial charge is 0.330 e. The van der Waals surface area contributed by atoms with Gasteiger partial charge in [-0.2, -0.15) is 5.26 Å². The molecular weight excluding hydrogens is 468 g/mol. The molecule has 0 aromatic heterocycles. The fourth-order valence-electron chi connectivity index (χ4n) is 6.12. The number of sulfonamides is 1. The van der Waals surface area contributed by atoms with E-state index < -0.39 is 22.1 Å². The van der Waals surface area contributed by atoms with E-state index in [1.54, 1.807) is 23.1 Å². The third-order valence-electron chi connectivity index (χ3n) is 8.11. The normalized spacial score (nSPS) is 31.5. The Labute approximate surface area is 206 Å². The Kier molecular flexibility index (Phi) is 5.91. The zero-order valence-corrected chi connectivity index (χ0v) is 21.1. The minimum Gasteiger partial charge on any atom is -0.330 e. The van der Waals surface area contributed by atoms with Crippen molar-refractivity contribution in [1.82, 2.24) is 19.0 Å². The fraction of sp³-hybridized carbons (Fsp3) is 0.625. The molecule has 3 aliphatic heterocycles. The molecule has 3 heterocycles. The zero-order valence-electron chi connectivity index (χ0n) is 20.2. The average Bonchev–Trinajstić information content (AvgIpc) is 3.15. The number of carbonyl (C=O) groups excluding carboxylic acids is 2. The first-order chi connectivity index (χ1) is 16.5. The van der Waals surface area contributed by atoms with Crippen LogP contribution in [-0.4, -0.2) is 96.6 Å². The van der Waals surface area contributed by atoms with Crippen LogP contribution < -0.4 is 5.73 Å². The fourth-order valence-corrected chi connectivity index (χ4v) is 7.07. The first kappa shape index (κ1) is 24.2. The van der Waals surface area contributed by atoms with Crippen LogP contribution in [0.15, 0.2) is 29.2 Å². The highest BCUT2D eigenvalue weighted by atomic mass is 32.2. The molecule has 2 N–H and O–H groups in total. The van der Waals surface area contributed by atoms with Gasteiger partial charge < -0.3 is 15.5 Å². The number of amides is 2. The summed E-state index contributed by atoms with van der Waals surface area (Å²) in [6.45, 7) is 2.82. The Hall–Kier alpha value is -2.52. The third-order valence-corrected chi connectivity index (χ3v) is 9.92. The van der Waals surface area contributed by atoms with Gasteiger partial charge in [0.1, 0.15) is 6.04 Å². The SMILES string of the molecule is C[C@H](c1cccc(S(=O)(=O)N(C)C)c1)N1C(=O)[C@H]2C[C@@H]1CN2C[C@H](N)C(=O)N1[C@H](C#N)CC2C[C@@H]21. The van der Waals surface area contributed by atoms with Crippen molar-refractivity contribution in [3.8, 4) is 6.07 Å². The van der Waals surface area contributed by atoms with Gasteiger partial charge in [0.2, 0.25) is 21.8 Å². The van der Waals surface area contributed by atoms with Gasteiger partial charge in [-0.25, -0.2) is 12.7 Å². The van der Waals surface area contributed by atoms with Crippen molar-refractivity contribution in [3.63, 3.8) is 0 Å². The lowest BCUT2D eigenvalue weighted by Gasteiger charge is -2.38. The van der Waals surface area contributed by atoms with Gasteiger partial charge in [-0.3, -0.25) is 14.5 Å². The van der Waals surface area contributed by atoms with Gasteiger partial charge >= 0.3 is 0 Å². The van der Waals surface area contributed by atoms with Crippen molar-refractivity contribution in [1.29, 1.82) is 5.26 Å². The molecule has 0 spiro atoms. The number of likely N-dealkylation sites (tertiary alicyclic amines) is 3. The monoisotopic (exact) mass is 500 g/mol. The molecule has 35 heavy (non-hydrogen) atoms. The molecule has 3 saturated heterocycles. The van der Waals surface area contributed by atoms with Crippen molar-refractivity contribution in [2.24, 2.45) is 11.7 Å². The number of rotatable bonds is 7. The number of hydrogen-bond acceptors (Lipinski definition) is 7. The molecule has 2 bridgehead atoms. The Morgan fingerprint density at radius 2 is 2.03 bits per heavy atom. The highest BCUT2D eigenvalue weighted by molar-refractivity contribution is 7.89. The van der Waals surface area contributed by atoms with Crippen LogP contribution in [0, 0.1) is 17.2 Å². The highest BCUT2D eigenvalue weighted by Crippen LogP contribution is 2.48. The Bertz CT molecular complexity index is 1200. The summed E-state index contributed by atoms with van der Waals surface area (Å²) in [5.41, 5.74) is 7.06. The number of piperidine rings is 1. The van der Waals surface area contributed by atoms with Crippen LogP contribution in [0.2, 0.25) is 0 Å². The molecule has 5 rings (SSSR count). The molecule has 1 aromatic carbocycles. The maximum Gasteiger partial charge on any atom is 0.242 e. The smallest absolute Gasteiger partial charge is 0.242 e. The molecule has 1 aromatic rings. The maximum absolute atomic E-state index is 13.3. The number of fused-ring (bicyclic) bond motifs is 3.